The van der Waals surface area contributed by atoms with Gasteiger partial charge in [-0.3, -0.25) is 0 Å². The third kappa shape index (κ3) is 9.65. The molecule has 0 N–H and O–H groups in total. The Morgan fingerprint density at radius 2 is 0.905 bits per heavy atom. The van der Waals surface area contributed by atoms with Crippen molar-refractivity contribution in [2.24, 2.45) is 0 Å². The third-order valence-electron chi connectivity index (χ3n) is 20.6. The first-order chi connectivity index (χ1) is 39.3. The molecule has 12 rings (SSSR count). The highest BCUT2D eigenvalue weighted by atomic mass is 15.3. The van der Waals surface area contributed by atoms with Crippen LogP contribution in [0.4, 0.5) is 45.5 Å². The highest BCUT2D eigenvalue weighted by molar-refractivity contribution is 7.00. The quantitative estimate of drug-likeness (QED) is 0.147. The van der Waals surface area contributed by atoms with Crippen LogP contribution >= 0.6 is 0 Å². The molecule has 84 heavy (non-hydrogen) atoms. The van der Waals surface area contributed by atoms with Crippen molar-refractivity contribution in [3.8, 4) is 0 Å². The molecule has 3 heterocycles. The van der Waals surface area contributed by atoms with E-state index in [1.165, 1.54) is 136 Å². The number of fused-ring (bicyclic) bond motifs is 7. The fourth-order valence-corrected chi connectivity index (χ4v) is 15.1. The van der Waals surface area contributed by atoms with Crippen LogP contribution in [-0.2, 0) is 38.9 Å². The van der Waals surface area contributed by atoms with Gasteiger partial charge in [0.1, 0.15) is 0 Å². The smallest absolute Gasteiger partial charge is 0.252 e. The number of rotatable bonds is 7. The average Bonchev–Trinajstić information content (AvgIpc) is 1.24. The van der Waals surface area contributed by atoms with E-state index in [1.807, 2.05) is 0 Å². The van der Waals surface area contributed by atoms with Crippen LogP contribution in [0, 0.1) is 13.8 Å². The Morgan fingerprint density at radius 1 is 0.417 bits per heavy atom. The lowest BCUT2D eigenvalue weighted by molar-refractivity contribution is 0.195. The van der Waals surface area contributed by atoms with Gasteiger partial charge in [0.2, 0.25) is 0 Å². The molecule has 0 bridgehead atoms. The predicted molar refractivity (Wildman–Crippen MR) is 365 cm³/mol. The molecular formula is C80H94BN3. The molecule has 0 amide bonds. The molecule has 1 fully saturated rings. The average molecular weight is 1110 g/mol. The van der Waals surface area contributed by atoms with Crippen LogP contribution in [-0.4, -0.2) is 12.3 Å². The standard InChI is InChI=1S/C80H94BN3/c1-51-44-71-73-72(45-51)83(67-40-33-59(46-52(67)2)77(12,13)14)69-41-34-60(78(15,16)17)49-66(69)81(73)65-38-37-62(50-70(65)82(71)61-35-31-58(32-36-61)76(9,10)11)84-68-39-26-55(48-64(68)79(18)42-20-21-43-80(79,84)19)63(54-24-29-57(30-25-54)75(6,7)8)47-53-22-27-56(28-23-53)74(3,4)5/h22-41,44-46,48-50,63H,20-21,42-43,47H2,1-19H3. The number of anilines is 8. The first-order valence-corrected chi connectivity index (χ1v) is 31.7. The minimum absolute atomic E-state index is 0.00970. The van der Waals surface area contributed by atoms with Crippen LogP contribution in [0.15, 0.2) is 158 Å². The van der Waals surface area contributed by atoms with Gasteiger partial charge in [0.25, 0.3) is 6.71 Å². The summed E-state index contributed by atoms with van der Waals surface area (Å²) in [6, 6.07) is 63.6. The lowest BCUT2D eigenvalue weighted by Crippen LogP contribution is -2.61. The second kappa shape index (κ2) is 19.9. The molecule has 8 aromatic rings. The van der Waals surface area contributed by atoms with Crippen LogP contribution in [0.5, 0.6) is 0 Å². The van der Waals surface area contributed by atoms with E-state index in [2.05, 4.69) is 304 Å². The monoisotopic (exact) mass is 1110 g/mol. The second-order valence-electron chi connectivity index (χ2n) is 31.6. The zero-order valence-electron chi connectivity index (χ0n) is 54.5. The van der Waals surface area contributed by atoms with Crippen molar-refractivity contribution in [3.05, 3.63) is 219 Å². The Balaban J connectivity index is 1.06. The van der Waals surface area contributed by atoms with Crippen molar-refractivity contribution in [2.75, 3.05) is 14.7 Å². The summed E-state index contributed by atoms with van der Waals surface area (Å²) in [5, 5.41) is 0. The lowest BCUT2D eigenvalue weighted by atomic mass is 9.33. The molecule has 0 spiro atoms. The largest absolute Gasteiger partial charge is 0.334 e. The van der Waals surface area contributed by atoms with Gasteiger partial charge in [0, 0.05) is 56.8 Å². The summed E-state index contributed by atoms with van der Waals surface area (Å²) in [6.45, 7) is 44.8. The van der Waals surface area contributed by atoms with E-state index >= 15 is 0 Å². The Hall–Kier alpha value is -6.78. The molecule has 0 saturated heterocycles. The third-order valence-corrected chi connectivity index (χ3v) is 20.6. The minimum atomic E-state index is -0.150. The van der Waals surface area contributed by atoms with Gasteiger partial charge in [-0.1, -0.05) is 227 Å². The van der Waals surface area contributed by atoms with E-state index in [0.29, 0.717) is 0 Å². The van der Waals surface area contributed by atoms with Gasteiger partial charge in [-0.05, 0) is 199 Å². The number of nitrogens with zero attached hydrogens (tertiary/aromatic N) is 3. The maximum Gasteiger partial charge on any atom is 0.252 e. The van der Waals surface area contributed by atoms with E-state index in [9.17, 15) is 0 Å². The molecule has 1 saturated carbocycles. The van der Waals surface area contributed by atoms with E-state index in [4.69, 9.17) is 0 Å². The van der Waals surface area contributed by atoms with Gasteiger partial charge < -0.3 is 14.7 Å². The summed E-state index contributed by atoms with van der Waals surface area (Å²) in [6.07, 6.45) is 5.68. The van der Waals surface area contributed by atoms with Gasteiger partial charge in [-0.25, -0.2) is 0 Å². The van der Waals surface area contributed by atoms with Crippen molar-refractivity contribution in [1.82, 2.24) is 0 Å². The van der Waals surface area contributed by atoms with Crippen LogP contribution in [0.25, 0.3) is 0 Å². The number of aryl methyl sites for hydroxylation is 2. The molecule has 0 radical (unpaired) electrons. The van der Waals surface area contributed by atoms with Crippen LogP contribution in [0.1, 0.15) is 211 Å². The molecule has 4 heteroatoms. The Morgan fingerprint density at radius 3 is 1.49 bits per heavy atom. The first-order valence-electron chi connectivity index (χ1n) is 31.7. The van der Waals surface area contributed by atoms with Crippen molar-refractivity contribution >= 4 is 68.6 Å². The van der Waals surface area contributed by atoms with Gasteiger partial charge >= 0.3 is 0 Å². The van der Waals surface area contributed by atoms with Crippen molar-refractivity contribution in [3.63, 3.8) is 0 Å². The minimum Gasteiger partial charge on any atom is -0.334 e. The highest BCUT2D eigenvalue weighted by Crippen LogP contribution is 2.62. The Bertz CT molecular complexity index is 3850. The molecule has 3 unspecified atom stereocenters. The molecule has 3 nitrogen and oxygen atoms in total. The van der Waals surface area contributed by atoms with Gasteiger partial charge in [-0.2, -0.15) is 0 Å². The summed E-state index contributed by atoms with van der Waals surface area (Å²) in [7, 11) is 0. The molecule has 4 aliphatic rings. The fourth-order valence-electron chi connectivity index (χ4n) is 15.1. The van der Waals surface area contributed by atoms with E-state index < -0.39 is 0 Å². The van der Waals surface area contributed by atoms with E-state index in [1.54, 1.807) is 0 Å². The zero-order chi connectivity index (χ0) is 60.0. The first kappa shape index (κ1) is 57.6. The highest BCUT2D eigenvalue weighted by Gasteiger charge is 2.58. The topological polar surface area (TPSA) is 9.72 Å². The van der Waals surface area contributed by atoms with Gasteiger partial charge in [0.15, 0.2) is 0 Å². The van der Waals surface area contributed by atoms with Gasteiger partial charge in [0.05, 0.1) is 5.54 Å². The van der Waals surface area contributed by atoms with Gasteiger partial charge in [-0.15, -0.1) is 0 Å². The number of benzene rings is 8. The summed E-state index contributed by atoms with van der Waals surface area (Å²) in [4.78, 5) is 8.08. The molecular weight excluding hydrogens is 1010 g/mol. The van der Waals surface area contributed by atoms with Crippen LogP contribution < -0.4 is 31.1 Å². The fraction of sp³-hybridized carbons (Fsp3) is 0.400. The number of hydrogen-bond acceptors (Lipinski definition) is 3. The van der Waals surface area contributed by atoms with E-state index in [0.717, 1.165) is 19.3 Å². The van der Waals surface area contributed by atoms with Crippen LogP contribution in [0.3, 0.4) is 0 Å². The van der Waals surface area contributed by atoms with Crippen LogP contribution in [0.2, 0.25) is 0 Å². The number of hydrogen-bond donors (Lipinski definition) is 0. The molecule has 432 valence electrons. The SMILES string of the molecule is Cc1cc2c3c(c1)N(c1ccc(C(C)(C)C)cc1C)c1ccc(C(C)(C)C)cc1B3c1ccc(N3c4ccc(C(Cc5ccc(C(C)(C)C)cc5)c5ccc(C(C)(C)C)cc5)cc4C4(C)CCCCC34C)cc1N2c1ccc(C(C)(C)C)cc1. The van der Waals surface area contributed by atoms with Crippen molar-refractivity contribution in [1.29, 1.82) is 0 Å². The maximum absolute atomic E-state index is 2.82. The predicted octanol–water partition coefficient (Wildman–Crippen LogP) is 20.0. The molecule has 1 aliphatic carbocycles. The summed E-state index contributed by atoms with van der Waals surface area (Å²) in [5.74, 6) is 0.201. The summed E-state index contributed by atoms with van der Waals surface area (Å²) < 4.78 is 0. The molecule has 3 atom stereocenters. The second-order valence-corrected chi connectivity index (χ2v) is 31.6. The summed E-state index contributed by atoms with van der Waals surface area (Å²) in [5.41, 5.74) is 29.2. The lowest BCUT2D eigenvalue weighted by Gasteiger charge is -2.50. The molecule has 8 aromatic carbocycles. The van der Waals surface area contributed by atoms with Crippen molar-refractivity contribution in [2.45, 2.75) is 208 Å². The Kier molecular flexibility index (Phi) is 13.7. The molecule has 3 aliphatic heterocycles. The maximum atomic E-state index is 2.82. The van der Waals surface area contributed by atoms with E-state index in [-0.39, 0.29) is 50.7 Å². The zero-order valence-corrected chi connectivity index (χ0v) is 54.5. The van der Waals surface area contributed by atoms with Crippen molar-refractivity contribution < 1.29 is 0 Å². The normalized spacial score (nSPS) is 18.9. The Labute approximate surface area is 507 Å². The summed E-state index contributed by atoms with van der Waals surface area (Å²) >= 11 is 0. The molecule has 0 aromatic heterocycles.